The molecule has 0 saturated carbocycles. The minimum atomic E-state index is 0.146. The molecule has 0 amide bonds. The lowest BCUT2D eigenvalue weighted by Crippen LogP contribution is -2.20. The Morgan fingerprint density at radius 1 is 1.17 bits per heavy atom. The van der Waals surface area contributed by atoms with E-state index in [1.54, 1.807) is 6.07 Å². The molecule has 3 heterocycles. The summed E-state index contributed by atoms with van der Waals surface area (Å²) in [5.74, 6) is 1.46. The Bertz CT molecular complexity index is 713. The third kappa shape index (κ3) is 3.44. The van der Waals surface area contributed by atoms with Crippen LogP contribution in [-0.4, -0.2) is 46.5 Å². The minimum absolute atomic E-state index is 0.146. The van der Waals surface area contributed by atoms with Crippen molar-refractivity contribution < 1.29 is 9.50 Å². The Hall–Kier alpha value is -2.57. The van der Waals surface area contributed by atoms with Gasteiger partial charge in [-0.1, -0.05) is 16.0 Å². The van der Waals surface area contributed by atoms with Crippen LogP contribution in [0, 0.1) is 4.91 Å². The lowest BCUT2D eigenvalue weighted by atomic mass is 10.2. The van der Waals surface area contributed by atoms with Crippen LogP contribution in [0.1, 0.15) is 19.8 Å². The first-order chi connectivity index (χ1) is 11.2. The maximum Gasteiger partial charge on any atom is 0.471 e. The molecule has 0 atom stereocenters. The Balaban J connectivity index is 2.03. The number of ether oxygens (including phenoxy) is 1. The summed E-state index contributed by atoms with van der Waals surface area (Å²) in [4.78, 5) is 27.0. The van der Waals surface area contributed by atoms with Crippen molar-refractivity contribution in [3.05, 3.63) is 29.2 Å². The van der Waals surface area contributed by atoms with Crippen molar-refractivity contribution in [3.8, 4) is 17.3 Å². The van der Waals surface area contributed by atoms with E-state index in [-0.39, 0.29) is 5.95 Å². The number of aromatic nitrogens is 3. The Kier molecular flexibility index (Phi) is 4.45. The topological polar surface area (TPSA) is 71.2 Å². The zero-order chi connectivity index (χ0) is 16.2. The van der Waals surface area contributed by atoms with Gasteiger partial charge in [0.25, 0.3) is 0 Å². The molecule has 0 radical (unpaired) electrons. The molecular weight excluding hydrogens is 294 g/mol. The molecular formula is C16H20N5O2+. The number of rotatable bonds is 5. The number of pyridine rings is 1. The van der Waals surface area contributed by atoms with E-state index in [2.05, 4.69) is 19.9 Å². The molecule has 2 aromatic heterocycles. The van der Waals surface area contributed by atoms with Crippen molar-refractivity contribution in [2.45, 2.75) is 19.8 Å². The highest BCUT2D eigenvalue weighted by Crippen LogP contribution is 2.26. The molecule has 0 bridgehead atoms. The Morgan fingerprint density at radius 2 is 1.96 bits per heavy atom. The van der Waals surface area contributed by atoms with Gasteiger partial charge < -0.3 is 9.64 Å². The zero-order valence-electron chi connectivity index (χ0n) is 13.4. The molecule has 0 N–H and O–H groups in total. The average Bonchev–Trinajstić information content (AvgIpc) is 3.09. The Labute approximate surface area is 134 Å². The van der Waals surface area contributed by atoms with Crippen molar-refractivity contribution in [1.29, 1.82) is 0 Å². The van der Waals surface area contributed by atoms with E-state index in [4.69, 9.17) is 4.74 Å². The van der Waals surface area contributed by atoms with E-state index in [1.165, 1.54) is 7.05 Å². The van der Waals surface area contributed by atoms with Gasteiger partial charge in [-0.05, 0) is 35.6 Å². The molecule has 1 saturated heterocycles. The molecule has 1 fully saturated rings. The summed E-state index contributed by atoms with van der Waals surface area (Å²) in [5, 5.41) is 0. The quantitative estimate of drug-likeness (QED) is 0.790. The van der Waals surface area contributed by atoms with Crippen molar-refractivity contribution in [2.75, 3.05) is 31.6 Å². The molecule has 120 valence electrons. The van der Waals surface area contributed by atoms with Crippen molar-refractivity contribution >= 4 is 11.8 Å². The SMILES string of the molecule is CCOc1cccc(-c2cc(N3CCCC3)nc([N+](C)=O)n2)n1. The molecule has 7 nitrogen and oxygen atoms in total. The molecule has 7 heteroatoms. The first kappa shape index (κ1) is 15.3. The summed E-state index contributed by atoms with van der Waals surface area (Å²) < 4.78 is 6.11. The summed E-state index contributed by atoms with van der Waals surface area (Å²) in [6.45, 7) is 4.36. The molecule has 23 heavy (non-hydrogen) atoms. The van der Waals surface area contributed by atoms with E-state index in [1.807, 2.05) is 25.1 Å². The van der Waals surface area contributed by atoms with Gasteiger partial charge in [0.15, 0.2) is 5.69 Å². The normalized spacial score (nSPS) is 14.1. The third-order valence-electron chi connectivity index (χ3n) is 3.69. The van der Waals surface area contributed by atoms with Crippen LogP contribution in [-0.2, 0) is 0 Å². The molecule has 0 aliphatic carbocycles. The second-order valence-electron chi connectivity index (χ2n) is 5.40. The van der Waals surface area contributed by atoms with Crippen molar-refractivity contribution in [3.63, 3.8) is 0 Å². The molecule has 0 unspecified atom stereocenters. The summed E-state index contributed by atoms with van der Waals surface area (Å²) in [6.07, 6.45) is 2.28. The van der Waals surface area contributed by atoms with E-state index >= 15 is 0 Å². The molecule has 0 spiro atoms. The van der Waals surface area contributed by atoms with Gasteiger partial charge in [0, 0.05) is 25.2 Å². The number of anilines is 1. The van der Waals surface area contributed by atoms with Crippen LogP contribution >= 0.6 is 0 Å². The van der Waals surface area contributed by atoms with Gasteiger partial charge in [0.1, 0.15) is 12.7 Å². The van der Waals surface area contributed by atoms with Crippen LogP contribution in [0.15, 0.2) is 24.3 Å². The molecule has 2 aromatic rings. The van der Waals surface area contributed by atoms with Crippen molar-refractivity contribution in [2.24, 2.45) is 0 Å². The number of hydrogen-bond acceptors (Lipinski definition) is 6. The number of hydrogen-bond donors (Lipinski definition) is 0. The smallest absolute Gasteiger partial charge is 0.471 e. The summed E-state index contributed by atoms with van der Waals surface area (Å²) >= 11 is 0. The lowest BCUT2D eigenvalue weighted by molar-refractivity contribution is -0.436. The van der Waals surface area contributed by atoms with Gasteiger partial charge in [0.2, 0.25) is 11.7 Å². The highest BCUT2D eigenvalue weighted by atomic mass is 16.5. The minimum Gasteiger partial charge on any atom is -0.478 e. The van der Waals surface area contributed by atoms with Crippen LogP contribution in [0.3, 0.4) is 0 Å². The largest absolute Gasteiger partial charge is 0.478 e. The van der Waals surface area contributed by atoms with Crippen LogP contribution in [0.5, 0.6) is 5.88 Å². The molecule has 3 rings (SSSR count). The van der Waals surface area contributed by atoms with Crippen LogP contribution in [0.2, 0.25) is 0 Å². The maximum atomic E-state index is 11.7. The van der Waals surface area contributed by atoms with E-state index in [0.29, 0.717) is 28.6 Å². The van der Waals surface area contributed by atoms with E-state index < -0.39 is 0 Å². The molecule has 0 aromatic carbocycles. The maximum absolute atomic E-state index is 11.7. The second kappa shape index (κ2) is 6.68. The average molecular weight is 314 g/mol. The fourth-order valence-corrected chi connectivity index (χ4v) is 2.59. The lowest BCUT2D eigenvalue weighted by Gasteiger charge is -2.13. The predicted octanol–water partition coefficient (Wildman–Crippen LogP) is 2.58. The zero-order valence-corrected chi connectivity index (χ0v) is 13.4. The fraction of sp³-hybridized carbons (Fsp3) is 0.438. The first-order valence-corrected chi connectivity index (χ1v) is 7.82. The highest BCUT2D eigenvalue weighted by Gasteiger charge is 2.24. The molecule has 1 aliphatic heterocycles. The van der Waals surface area contributed by atoms with Gasteiger partial charge in [-0.3, -0.25) is 0 Å². The monoisotopic (exact) mass is 314 g/mol. The predicted molar refractivity (Wildman–Crippen MR) is 87.1 cm³/mol. The Morgan fingerprint density at radius 3 is 2.65 bits per heavy atom. The standard InChI is InChI=1S/C16H20N5O2/c1-3-23-15-8-6-7-12(17-15)13-11-14(21-9-4-5-10-21)19-16(18-13)20(2)22/h6-8,11H,3-5,9-10H2,1-2H3/q+1. The highest BCUT2D eigenvalue weighted by molar-refractivity contribution is 5.61. The number of nitrogens with zero attached hydrogens (tertiary/aromatic N) is 5. The van der Waals surface area contributed by atoms with Crippen LogP contribution in [0.4, 0.5) is 11.8 Å². The fourth-order valence-electron chi connectivity index (χ4n) is 2.59. The van der Waals surface area contributed by atoms with Gasteiger partial charge in [0.05, 0.1) is 6.61 Å². The summed E-state index contributed by atoms with van der Waals surface area (Å²) in [5.41, 5.74) is 1.29. The van der Waals surface area contributed by atoms with E-state index in [0.717, 1.165) is 31.7 Å². The van der Waals surface area contributed by atoms with Gasteiger partial charge in [-0.15, -0.1) is 0 Å². The van der Waals surface area contributed by atoms with Gasteiger partial charge in [-0.25, -0.2) is 4.98 Å². The summed E-state index contributed by atoms with van der Waals surface area (Å²) in [7, 11) is 1.40. The van der Waals surface area contributed by atoms with Gasteiger partial charge in [-0.2, -0.15) is 0 Å². The van der Waals surface area contributed by atoms with Gasteiger partial charge >= 0.3 is 5.95 Å². The first-order valence-electron chi connectivity index (χ1n) is 7.82. The van der Waals surface area contributed by atoms with Crippen LogP contribution < -0.4 is 9.64 Å². The number of nitroso groups, excluding NO2 is 1. The molecule has 1 aliphatic rings. The van der Waals surface area contributed by atoms with Crippen LogP contribution in [0.25, 0.3) is 11.4 Å². The summed E-state index contributed by atoms with van der Waals surface area (Å²) in [6, 6.07) is 7.41. The second-order valence-corrected chi connectivity index (χ2v) is 5.40. The third-order valence-corrected chi connectivity index (χ3v) is 3.69. The van der Waals surface area contributed by atoms with Crippen molar-refractivity contribution in [1.82, 2.24) is 15.0 Å². The van der Waals surface area contributed by atoms with E-state index in [9.17, 15) is 4.91 Å².